The first-order chi connectivity index (χ1) is 3.18. The maximum atomic E-state index is 10.2. The van der Waals surface area contributed by atoms with Crippen LogP contribution in [0.4, 0.5) is 0 Å². The van der Waals surface area contributed by atoms with E-state index in [1.54, 1.807) is 6.92 Å². The predicted octanol–water partition coefficient (Wildman–Crippen LogP) is -0.146. The monoisotopic (exact) mass is 103 g/mol. The molecular weight excluding hydrogens is 94.0 g/mol. The molecule has 42 valence electrons. The van der Waals surface area contributed by atoms with Crippen LogP contribution in [0.25, 0.3) is 0 Å². The number of rotatable bonds is 2. The third-order valence-electron chi connectivity index (χ3n) is 0.777. The van der Waals surface area contributed by atoms with Crippen molar-refractivity contribution in [1.82, 2.24) is 0 Å². The van der Waals surface area contributed by atoms with Gasteiger partial charge in [-0.15, -0.1) is 0 Å². The average Bonchev–Trinajstić information content (AvgIpc) is 1.65. The normalized spacial score (nSPS) is 13.6. The van der Waals surface area contributed by atoms with Crippen LogP contribution in [0.5, 0.6) is 0 Å². The molecule has 7 heavy (non-hydrogen) atoms. The highest BCUT2D eigenvalue weighted by atomic mass is 16.6. The number of hydrogen-bond donors (Lipinski definition) is 1. The topological polar surface area (TPSA) is 52.3 Å². The smallest absolute Gasteiger partial charge is 0.160 e. The lowest BCUT2D eigenvalue weighted by Crippen LogP contribution is -2.20. The summed E-state index contributed by atoms with van der Waals surface area (Å²) in [7, 11) is 0. The fraction of sp³-hybridized carbons (Fsp3) is 0.750. The Hall–Kier alpha value is -0.410. The number of carbonyl (C=O) groups excluding carboxylic acids is 1. The molecule has 1 unspecified atom stereocenters. The zero-order chi connectivity index (χ0) is 5.86. The first-order valence-corrected chi connectivity index (χ1v) is 2.04. The van der Waals surface area contributed by atoms with Gasteiger partial charge in [-0.05, 0) is 13.8 Å². The van der Waals surface area contributed by atoms with Crippen molar-refractivity contribution >= 4 is 5.78 Å². The highest BCUT2D eigenvalue weighted by Crippen LogP contribution is 1.83. The van der Waals surface area contributed by atoms with Crippen molar-refractivity contribution < 1.29 is 9.63 Å². The first-order valence-electron chi connectivity index (χ1n) is 2.04. The van der Waals surface area contributed by atoms with Crippen LogP contribution in [0.2, 0.25) is 0 Å². The highest BCUT2D eigenvalue weighted by Gasteiger charge is 2.03. The number of nitrogens with two attached hydrogens (primary N) is 1. The maximum Gasteiger partial charge on any atom is 0.160 e. The van der Waals surface area contributed by atoms with Gasteiger partial charge in [0.2, 0.25) is 0 Å². The van der Waals surface area contributed by atoms with Crippen LogP contribution in [0.15, 0.2) is 0 Å². The van der Waals surface area contributed by atoms with E-state index in [-0.39, 0.29) is 5.78 Å². The summed E-state index contributed by atoms with van der Waals surface area (Å²) in [5.74, 6) is 4.60. The molecule has 0 aliphatic heterocycles. The van der Waals surface area contributed by atoms with Crippen LogP contribution < -0.4 is 5.90 Å². The van der Waals surface area contributed by atoms with Gasteiger partial charge < -0.3 is 0 Å². The first kappa shape index (κ1) is 6.59. The number of hydrogen-bond acceptors (Lipinski definition) is 3. The van der Waals surface area contributed by atoms with Gasteiger partial charge in [0.05, 0.1) is 0 Å². The molecular formula is C4H9NO2. The Balaban J connectivity index is 3.34. The number of ketones is 1. The van der Waals surface area contributed by atoms with E-state index >= 15 is 0 Å². The standard InChI is InChI=1S/C4H9NO2/c1-3(6)4(2)7-5/h4H,5H2,1-2H3. The molecule has 0 aromatic rings. The minimum atomic E-state index is -0.458. The van der Waals surface area contributed by atoms with Crippen molar-refractivity contribution in [3.63, 3.8) is 0 Å². The SMILES string of the molecule is CC(=O)C(C)ON. The van der Waals surface area contributed by atoms with E-state index in [0.29, 0.717) is 0 Å². The molecule has 0 radical (unpaired) electrons. The van der Waals surface area contributed by atoms with Crippen molar-refractivity contribution in [3.8, 4) is 0 Å². The summed E-state index contributed by atoms with van der Waals surface area (Å²) < 4.78 is 0. The van der Waals surface area contributed by atoms with Crippen molar-refractivity contribution in [3.05, 3.63) is 0 Å². The maximum absolute atomic E-state index is 10.2. The Morgan fingerprint density at radius 2 is 2.29 bits per heavy atom. The zero-order valence-corrected chi connectivity index (χ0v) is 4.47. The second kappa shape index (κ2) is 2.71. The summed E-state index contributed by atoms with van der Waals surface area (Å²) in [4.78, 5) is 14.3. The zero-order valence-electron chi connectivity index (χ0n) is 4.47. The van der Waals surface area contributed by atoms with Crippen molar-refractivity contribution in [2.75, 3.05) is 0 Å². The molecule has 3 heteroatoms. The third kappa shape index (κ3) is 2.31. The lowest BCUT2D eigenvalue weighted by molar-refractivity contribution is -0.127. The van der Waals surface area contributed by atoms with E-state index in [9.17, 15) is 4.79 Å². The van der Waals surface area contributed by atoms with Crippen LogP contribution in [-0.4, -0.2) is 11.9 Å². The minimum Gasteiger partial charge on any atom is -0.297 e. The van der Waals surface area contributed by atoms with E-state index in [4.69, 9.17) is 0 Å². The van der Waals surface area contributed by atoms with Gasteiger partial charge in [-0.3, -0.25) is 9.63 Å². The Bertz CT molecular complexity index is 72.1. The van der Waals surface area contributed by atoms with Crippen LogP contribution in [0, 0.1) is 0 Å². The Morgan fingerprint density at radius 3 is 2.29 bits per heavy atom. The highest BCUT2D eigenvalue weighted by molar-refractivity contribution is 5.79. The summed E-state index contributed by atoms with van der Waals surface area (Å²) in [5.41, 5.74) is 0. The lowest BCUT2D eigenvalue weighted by atomic mass is 10.3. The van der Waals surface area contributed by atoms with Crippen molar-refractivity contribution in [2.24, 2.45) is 5.90 Å². The molecule has 0 aliphatic rings. The summed E-state index contributed by atoms with van der Waals surface area (Å²) in [5, 5.41) is 0. The van der Waals surface area contributed by atoms with Crippen LogP contribution >= 0.6 is 0 Å². The van der Waals surface area contributed by atoms with E-state index < -0.39 is 6.10 Å². The largest absolute Gasteiger partial charge is 0.297 e. The molecule has 0 heterocycles. The summed E-state index contributed by atoms with van der Waals surface area (Å²) >= 11 is 0. The van der Waals surface area contributed by atoms with Crippen LogP contribution in [0.3, 0.4) is 0 Å². The molecule has 0 aromatic carbocycles. The molecule has 0 rings (SSSR count). The van der Waals surface area contributed by atoms with Gasteiger partial charge >= 0.3 is 0 Å². The predicted molar refractivity (Wildman–Crippen MR) is 25.4 cm³/mol. The quantitative estimate of drug-likeness (QED) is 0.494. The molecule has 0 fully saturated rings. The molecule has 3 nitrogen and oxygen atoms in total. The molecule has 0 saturated carbocycles. The molecule has 0 amide bonds. The molecule has 2 N–H and O–H groups in total. The molecule has 0 aliphatic carbocycles. The number of carbonyl (C=O) groups is 1. The summed E-state index contributed by atoms with van der Waals surface area (Å²) in [6.45, 7) is 3.03. The fourth-order valence-corrected chi connectivity index (χ4v) is 0.0958. The van der Waals surface area contributed by atoms with E-state index in [1.807, 2.05) is 0 Å². The summed E-state index contributed by atoms with van der Waals surface area (Å²) in [6, 6.07) is 0. The minimum absolute atomic E-state index is 0.0532. The van der Waals surface area contributed by atoms with Gasteiger partial charge in [-0.1, -0.05) is 0 Å². The fourth-order valence-electron chi connectivity index (χ4n) is 0.0958. The molecule has 0 saturated heterocycles. The van der Waals surface area contributed by atoms with Gasteiger partial charge in [0.15, 0.2) is 5.78 Å². The molecule has 1 atom stereocenters. The Morgan fingerprint density at radius 1 is 1.86 bits per heavy atom. The van der Waals surface area contributed by atoms with Crippen molar-refractivity contribution in [2.45, 2.75) is 20.0 Å². The van der Waals surface area contributed by atoms with E-state index in [0.717, 1.165) is 0 Å². The molecule has 0 bridgehead atoms. The van der Waals surface area contributed by atoms with Gasteiger partial charge in [-0.2, -0.15) is 0 Å². The number of Topliss-reactive ketones (excluding diaryl/α,β-unsaturated/α-hetero) is 1. The van der Waals surface area contributed by atoms with E-state index in [1.165, 1.54) is 6.92 Å². The van der Waals surface area contributed by atoms with Gasteiger partial charge in [-0.25, -0.2) is 5.90 Å². The Kier molecular flexibility index (Phi) is 2.55. The summed E-state index contributed by atoms with van der Waals surface area (Å²) in [6.07, 6.45) is -0.458. The molecule has 0 aromatic heterocycles. The van der Waals surface area contributed by atoms with Crippen LogP contribution in [-0.2, 0) is 9.63 Å². The second-order valence-corrected chi connectivity index (χ2v) is 1.39. The van der Waals surface area contributed by atoms with Gasteiger partial charge in [0.25, 0.3) is 0 Å². The lowest BCUT2D eigenvalue weighted by Gasteiger charge is -1.99. The second-order valence-electron chi connectivity index (χ2n) is 1.39. The van der Waals surface area contributed by atoms with E-state index in [2.05, 4.69) is 10.7 Å². The van der Waals surface area contributed by atoms with Crippen LogP contribution in [0.1, 0.15) is 13.8 Å². The van der Waals surface area contributed by atoms with Gasteiger partial charge in [0, 0.05) is 0 Å². The Labute approximate surface area is 42.4 Å². The van der Waals surface area contributed by atoms with Gasteiger partial charge in [0.1, 0.15) is 6.10 Å². The van der Waals surface area contributed by atoms with Crippen molar-refractivity contribution in [1.29, 1.82) is 0 Å². The third-order valence-corrected chi connectivity index (χ3v) is 0.777. The molecule has 0 spiro atoms. The average molecular weight is 103 g/mol.